The second kappa shape index (κ2) is 10.3. The summed E-state index contributed by atoms with van der Waals surface area (Å²) in [5.74, 6) is 1.46. The predicted octanol–water partition coefficient (Wildman–Crippen LogP) is 5.65. The summed E-state index contributed by atoms with van der Waals surface area (Å²) in [6, 6.07) is 19.9. The predicted molar refractivity (Wildman–Crippen MR) is 132 cm³/mol. The highest BCUT2D eigenvalue weighted by atomic mass is 16.5. The lowest BCUT2D eigenvalue weighted by molar-refractivity contribution is -0.115. The van der Waals surface area contributed by atoms with Crippen molar-refractivity contribution >= 4 is 22.3 Å². The van der Waals surface area contributed by atoms with Gasteiger partial charge in [0.05, 0.1) is 19.8 Å². The molecule has 1 fully saturated rings. The van der Waals surface area contributed by atoms with Crippen LogP contribution in [0.4, 0.5) is 0 Å². The quantitative estimate of drug-likeness (QED) is 0.379. The molecule has 0 saturated heterocycles. The molecule has 5 nitrogen and oxygen atoms in total. The third-order valence-electron chi connectivity index (χ3n) is 6.06. The number of ketones is 1. The minimum Gasteiger partial charge on any atom is -0.511 e. The summed E-state index contributed by atoms with van der Waals surface area (Å²) >= 11 is 0. The van der Waals surface area contributed by atoms with Crippen LogP contribution in [0, 0.1) is 0 Å². The Morgan fingerprint density at radius 2 is 1.76 bits per heavy atom. The first-order valence-electron chi connectivity index (χ1n) is 11.3. The number of nitrogens with zero attached hydrogens (tertiary/aromatic N) is 1. The molecule has 0 atom stereocenters. The fraction of sp³-hybridized carbons (Fsp3) is 0.286. The highest BCUT2D eigenvalue weighted by Crippen LogP contribution is 2.28. The Balaban J connectivity index is 1.56. The van der Waals surface area contributed by atoms with Crippen molar-refractivity contribution < 1.29 is 19.4 Å². The first-order chi connectivity index (χ1) is 16.1. The number of hydrogen-bond acceptors (Lipinski definition) is 5. The maximum atomic E-state index is 12.8. The van der Waals surface area contributed by atoms with E-state index in [1.54, 1.807) is 14.2 Å². The van der Waals surface area contributed by atoms with Gasteiger partial charge in [0, 0.05) is 25.1 Å². The van der Waals surface area contributed by atoms with Crippen LogP contribution >= 0.6 is 0 Å². The van der Waals surface area contributed by atoms with Crippen molar-refractivity contribution in [2.24, 2.45) is 4.99 Å². The summed E-state index contributed by atoms with van der Waals surface area (Å²) in [5.41, 5.74) is 3.19. The zero-order chi connectivity index (χ0) is 23.2. The number of aliphatic hydroxyl groups excluding tert-OH is 1. The number of hydrogen-bond donors (Lipinski definition) is 1. The lowest BCUT2D eigenvalue weighted by Gasteiger charge is -2.18. The van der Waals surface area contributed by atoms with E-state index in [0.29, 0.717) is 55.0 Å². The molecule has 3 aromatic rings. The number of allylic oxidation sites excluding steroid dienone is 2. The van der Waals surface area contributed by atoms with Crippen molar-refractivity contribution in [3.8, 4) is 11.5 Å². The molecule has 0 spiro atoms. The standard InChI is InChI=1S/C28H29NO4/c1-32-26-14-13-19(17-27(26)33-2)15-16-29-23-11-6-12-24(30)28(23)25(31)18-21-9-5-8-20-7-3-4-10-22(20)21/h3-5,7-10,13-14,17,31H,6,11-12,15-16,18H2,1-2H3. The Morgan fingerprint density at radius 1 is 0.970 bits per heavy atom. The zero-order valence-corrected chi connectivity index (χ0v) is 19.1. The smallest absolute Gasteiger partial charge is 0.168 e. The topological polar surface area (TPSA) is 68.1 Å². The van der Waals surface area contributed by atoms with Crippen LogP contribution in [0.2, 0.25) is 0 Å². The Labute approximate surface area is 194 Å². The molecule has 1 aliphatic rings. The Bertz CT molecular complexity index is 1220. The van der Waals surface area contributed by atoms with Gasteiger partial charge in [-0.2, -0.15) is 0 Å². The molecule has 1 aliphatic carbocycles. The zero-order valence-electron chi connectivity index (χ0n) is 19.1. The fourth-order valence-corrected chi connectivity index (χ4v) is 4.38. The first-order valence-corrected chi connectivity index (χ1v) is 11.3. The minimum absolute atomic E-state index is 0.0242. The van der Waals surface area contributed by atoms with Gasteiger partial charge in [-0.1, -0.05) is 48.5 Å². The van der Waals surface area contributed by atoms with Crippen molar-refractivity contribution in [3.05, 3.63) is 83.1 Å². The van der Waals surface area contributed by atoms with Crippen LogP contribution in [-0.4, -0.2) is 37.4 Å². The number of fused-ring (bicyclic) bond motifs is 1. The van der Waals surface area contributed by atoms with E-state index in [0.717, 1.165) is 28.3 Å². The number of carbonyl (C=O) groups excluding carboxylic acids is 1. The van der Waals surface area contributed by atoms with E-state index in [1.165, 1.54) is 0 Å². The summed E-state index contributed by atoms with van der Waals surface area (Å²) in [6.07, 6.45) is 2.93. The largest absolute Gasteiger partial charge is 0.511 e. The molecular formula is C28H29NO4. The van der Waals surface area contributed by atoms with Crippen molar-refractivity contribution in [1.29, 1.82) is 0 Å². The molecular weight excluding hydrogens is 414 g/mol. The van der Waals surface area contributed by atoms with Crippen LogP contribution in [0.25, 0.3) is 10.8 Å². The van der Waals surface area contributed by atoms with E-state index >= 15 is 0 Å². The monoisotopic (exact) mass is 443 g/mol. The number of rotatable bonds is 7. The SMILES string of the molecule is COc1ccc(CCN=C2CCCC(=O)C2=C(O)Cc2cccc3ccccc23)cc1OC. The van der Waals surface area contributed by atoms with Crippen LogP contribution in [-0.2, 0) is 17.6 Å². The number of ether oxygens (including phenoxy) is 2. The number of aliphatic hydroxyl groups is 1. The molecule has 0 aliphatic heterocycles. The van der Waals surface area contributed by atoms with Gasteiger partial charge >= 0.3 is 0 Å². The third-order valence-corrected chi connectivity index (χ3v) is 6.06. The maximum Gasteiger partial charge on any atom is 0.168 e. The van der Waals surface area contributed by atoms with Gasteiger partial charge in [-0.3, -0.25) is 9.79 Å². The number of aliphatic imine (C=N–C) groups is 1. The van der Waals surface area contributed by atoms with Crippen molar-refractivity contribution in [2.75, 3.05) is 20.8 Å². The number of Topliss-reactive ketones (excluding diaryl/α,β-unsaturated/α-hetero) is 1. The molecule has 4 rings (SSSR count). The molecule has 1 N–H and O–H groups in total. The van der Waals surface area contributed by atoms with Crippen LogP contribution in [0.3, 0.4) is 0 Å². The van der Waals surface area contributed by atoms with Crippen LogP contribution in [0.5, 0.6) is 11.5 Å². The fourth-order valence-electron chi connectivity index (χ4n) is 4.38. The van der Waals surface area contributed by atoms with Crippen LogP contribution in [0.15, 0.2) is 77.0 Å². The van der Waals surface area contributed by atoms with E-state index in [4.69, 9.17) is 14.5 Å². The maximum absolute atomic E-state index is 12.8. The first kappa shape index (κ1) is 22.6. The van der Waals surface area contributed by atoms with Gasteiger partial charge in [-0.15, -0.1) is 0 Å². The second-order valence-electron chi connectivity index (χ2n) is 8.18. The summed E-state index contributed by atoms with van der Waals surface area (Å²) in [5, 5.41) is 13.2. The average Bonchev–Trinajstić information content (AvgIpc) is 2.84. The summed E-state index contributed by atoms with van der Waals surface area (Å²) in [6.45, 7) is 0.531. The van der Waals surface area contributed by atoms with E-state index in [9.17, 15) is 9.90 Å². The number of benzene rings is 3. The van der Waals surface area contributed by atoms with Gasteiger partial charge in [0.25, 0.3) is 0 Å². The molecule has 0 amide bonds. The van der Waals surface area contributed by atoms with Gasteiger partial charge in [-0.25, -0.2) is 0 Å². The van der Waals surface area contributed by atoms with Gasteiger partial charge in [0.15, 0.2) is 17.3 Å². The second-order valence-corrected chi connectivity index (χ2v) is 8.18. The Morgan fingerprint density at radius 3 is 2.58 bits per heavy atom. The molecule has 0 aromatic heterocycles. The van der Waals surface area contributed by atoms with Crippen LogP contribution in [0.1, 0.15) is 30.4 Å². The lowest BCUT2D eigenvalue weighted by atomic mass is 9.88. The molecule has 3 aromatic carbocycles. The Kier molecular flexibility index (Phi) is 7.08. The van der Waals surface area contributed by atoms with E-state index < -0.39 is 0 Å². The molecule has 170 valence electrons. The van der Waals surface area contributed by atoms with Gasteiger partial charge in [0.1, 0.15) is 5.76 Å². The van der Waals surface area contributed by atoms with Gasteiger partial charge in [0.2, 0.25) is 0 Å². The summed E-state index contributed by atoms with van der Waals surface area (Å²) in [7, 11) is 3.23. The van der Waals surface area contributed by atoms with Crippen molar-refractivity contribution in [3.63, 3.8) is 0 Å². The van der Waals surface area contributed by atoms with E-state index in [1.807, 2.05) is 48.5 Å². The Hall–Kier alpha value is -3.60. The number of carbonyl (C=O) groups is 1. The van der Waals surface area contributed by atoms with Crippen molar-refractivity contribution in [2.45, 2.75) is 32.1 Å². The molecule has 0 heterocycles. The molecule has 0 bridgehead atoms. The third kappa shape index (κ3) is 5.08. The highest BCUT2D eigenvalue weighted by molar-refractivity contribution is 6.24. The molecule has 5 heteroatoms. The number of methoxy groups -OCH3 is 2. The van der Waals surface area contributed by atoms with Gasteiger partial charge < -0.3 is 14.6 Å². The normalized spacial score (nSPS) is 16.8. The van der Waals surface area contributed by atoms with E-state index in [2.05, 4.69) is 12.1 Å². The minimum atomic E-state index is -0.0242. The summed E-state index contributed by atoms with van der Waals surface area (Å²) in [4.78, 5) is 17.5. The average molecular weight is 444 g/mol. The van der Waals surface area contributed by atoms with E-state index in [-0.39, 0.29) is 11.5 Å². The summed E-state index contributed by atoms with van der Waals surface area (Å²) < 4.78 is 10.7. The lowest BCUT2D eigenvalue weighted by Crippen LogP contribution is -2.22. The van der Waals surface area contributed by atoms with Crippen LogP contribution < -0.4 is 9.47 Å². The highest BCUT2D eigenvalue weighted by Gasteiger charge is 2.25. The molecule has 33 heavy (non-hydrogen) atoms. The molecule has 0 unspecified atom stereocenters. The molecule has 0 radical (unpaired) electrons. The van der Waals surface area contributed by atoms with Crippen molar-refractivity contribution in [1.82, 2.24) is 0 Å². The molecule has 1 saturated carbocycles. The van der Waals surface area contributed by atoms with Gasteiger partial charge in [-0.05, 0) is 53.3 Å².